The van der Waals surface area contributed by atoms with E-state index in [-0.39, 0.29) is 0 Å². The van der Waals surface area contributed by atoms with Crippen molar-refractivity contribution in [3.05, 3.63) is 0 Å². The minimum absolute atomic E-state index is 0.698. The summed E-state index contributed by atoms with van der Waals surface area (Å²) in [5, 5.41) is 3.61. The molecule has 0 aromatic rings. The second kappa shape index (κ2) is 9.90. The van der Waals surface area contributed by atoms with Gasteiger partial charge in [0.05, 0.1) is 0 Å². The van der Waals surface area contributed by atoms with Crippen LogP contribution in [0.1, 0.15) is 60.3 Å². The Morgan fingerprint density at radius 3 is 1.94 bits per heavy atom. The molecule has 0 saturated carbocycles. The van der Waals surface area contributed by atoms with Gasteiger partial charge < -0.3 is 5.32 Å². The second-order valence-corrected chi connectivity index (χ2v) is 5.63. The van der Waals surface area contributed by atoms with Crippen LogP contribution in [0.15, 0.2) is 0 Å². The Hall–Kier alpha value is -0.0800. The van der Waals surface area contributed by atoms with Crippen LogP contribution in [-0.4, -0.2) is 37.1 Å². The molecule has 0 aliphatic carbocycles. The van der Waals surface area contributed by atoms with Crippen LogP contribution in [0.4, 0.5) is 0 Å². The van der Waals surface area contributed by atoms with Crippen LogP contribution in [0.25, 0.3) is 0 Å². The van der Waals surface area contributed by atoms with Crippen LogP contribution in [-0.2, 0) is 0 Å². The predicted octanol–water partition coefficient (Wildman–Crippen LogP) is 3.52. The van der Waals surface area contributed by atoms with E-state index in [1.165, 1.54) is 25.7 Å². The second-order valence-electron chi connectivity index (χ2n) is 5.63. The zero-order chi connectivity index (χ0) is 13.3. The molecule has 0 amide bonds. The summed E-state index contributed by atoms with van der Waals surface area (Å²) < 4.78 is 0. The first-order valence-electron chi connectivity index (χ1n) is 7.49. The van der Waals surface area contributed by atoms with Crippen molar-refractivity contribution < 1.29 is 0 Å². The third-order valence-corrected chi connectivity index (χ3v) is 3.65. The molecule has 104 valence electrons. The zero-order valence-corrected chi connectivity index (χ0v) is 12.9. The largest absolute Gasteiger partial charge is 0.315 e. The lowest BCUT2D eigenvalue weighted by atomic mass is 10.0. The fourth-order valence-electron chi connectivity index (χ4n) is 2.48. The van der Waals surface area contributed by atoms with Crippen LogP contribution in [0.2, 0.25) is 0 Å². The van der Waals surface area contributed by atoms with Gasteiger partial charge in [0.1, 0.15) is 0 Å². The maximum Gasteiger partial charge on any atom is 0.0220 e. The molecule has 1 atom stereocenters. The summed E-state index contributed by atoms with van der Waals surface area (Å²) in [5.41, 5.74) is 0. The van der Waals surface area contributed by atoms with Gasteiger partial charge >= 0.3 is 0 Å². The number of hydrogen-bond donors (Lipinski definition) is 1. The maximum absolute atomic E-state index is 3.61. The monoisotopic (exact) mass is 242 g/mol. The van der Waals surface area contributed by atoms with Crippen molar-refractivity contribution in [2.24, 2.45) is 5.92 Å². The van der Waals surface area contributed by atoms with Gasteiger partial charge in [-0.05, 0) is 38.8 Å². The fourth-order valence-corrected chi connectivity index (χ4v) is 2.48. The molecule has 0 aromatic heterocycles. The first-order valence-corrected chi connectivity index (χ1v) is 7.49. The Labute approximate surface area is 109 Å². The third-order valence-electron chi connectivity index (χ3n) is 3.65. The lowest BCUT2D eigenvalue weighted by molar-refractivity contribution is 0.151. The van der Waals surface area contributed by atoms with Crippen LogP contribution >= 0.6 is 0 Å². The molecular weight excluding hydrogens is 208 g/mol. The van der Waals surface area contributed by atoms with Gasteiger partial charge in [-0.3, -0.25) is 4.90 Å². The molecule has 0 fully saturated rings. The zero-order valence-electron chi connectivity index (χ0n) is 12.9. The maximum atomic E-state index is 3.61. The summed E-state index contributed by atoms with van der Waals surface area (Å²) >= 11 is 0. The summed E-state index contributed by atoms with van der Waals surface area (Å²) in [6.45, 7) is 13.7. The van der Waals surface area contributed by atoms with Gasteiger partial charge in [-0.2, -0.15) is 0 Å². The van der Waals surface area contributed by atoms with E-state index in [4.69, 9.17) is 0 Å². The molecule has 1 N–H and O–H groups in total. The number of hydrogen-bond acceptors (Lipinski definition) is 2. The first kappa shape index (κ1) is 16.9. The minimum atomic E-state index is 0.698. The third kappa shape index (κ3) is 7.05. The van der Waals surface area contributed by atoms with Crippen molar-refractivity contribution in [2.75, 3.05) is 20.1 Å². The van der Waals surface area contributed by atoms with Gasteiger partial charge in [0.15, 0.2) is 0 Å². The van der Waals surface area contributed by atoms with Crippen LogP contribution in [0.5, 0.6) is 0 Å². The number of nitrogens with zero attached hydrogens (tertiary/aromatic N) is 1. The van der Waals surface area contributed by atoms with Gasteiger partial charge in [-0.1, -0.05) is 41.0 Å². The molecule has 0 aliphatic rings. The number of nitrogens with one attached hydrogen (secondary N) is 1. The highest BCUT2D eigenvalue weighted by atomic mass is 15.2. The topological polar surface area (TPSA) is 15.3 Å². The lowest BCUT2D eigenvalue weighted by Gasteiger charge is -2.34. The van der Waals surface area contributed by atoms with Crippen molar-refractivity contribution in [3.63, 3.8) is 0 Å². The predicted molar refractivity (Wildman–Crippen MR) is 78.5 cm³/mol. The molecule has 2 nitrogen and oxygen atoms in total. The molecule has 0 spiro atoms. The van der Waals surface area contributed by atoms with Gasteiger partial charge in [-0.25, -0.2) is 0 Å². The van der Waals surface area contributed by atoms with E-state index in [0.29, 0.717) is 6.04 Å². The molecule has 2 heteroatoms. The van der Waals surface area contributed by atoms with Crippen molar-refractivity contribution in [2.45, 2.75) is 72.4 Å². The van der Waals surface area contributed by atoms with E-state index in [1.807, 2.05) is 0 Å². The standard InChI is InChI=1S/C15H34N2/c1-7-10-15(12-16-11-13(4)5)17(6)14(8-2)9-3/h13-16H,7-12H2,1-6H3. The Bertz CT molecular complexity index is 164. The highest BCUT2D eigenvalue weighted by Crippen LogP contribution is 2.13. The van der Waals surface area contributed by atoms with Crippen LogP contribution in [0.3, 0.4) is 0 Å². The average Bonchev–Trinajstić information content (AvgIpc) is 2.29. The average molecular weight is 242 g/mol. The molecule has 0 aliphatic heterocycles. The molecule has 1 unspecified atom stereocenters. The van der Waals surface area contributed by atoms with Gasteiger partial charge in [0.2, 0.25) is 0 Å². The Balaban J connectivity index is 4.18. The Morgan fingerprint density at radius 2 is 1.53 bits per heavy atom. The summed E-state index contributed by atoms with van der Waals surface area (Å²) in [6, 6.07) is 1.44. The highest BCUT2D eigenvalue weighted by molar-refractivity contribution is 4.77. The minimum Gasteiger partial charge on any atom is -0.315 e. The van der Waals surface area contributed by atoms with Gasteiger partial charge in [0, 0.05) is 18.6 Å². The first-order chi connectivity index (χ1) is 8.06. The molecular formula is C15H34N2. The van der Waals surface area contributed by atoms with Crippen molar-refractivity contribution in [3.8, 4) is 0 Å². The molecule has 0 rings (SSSR count). The highest BCUT2D eigenvalue weighted by Gasteiger charge is 2.19. The molecule has 17 heavy (non-hydrogen) atoms. The van der Waals surface area contributed by atoms with E-state index in [0.717, 1.165) is 25.0 Å². The van der Waals surface area contributed by atoms with E-state index >= 15 is 0 Å². The molecule has 0 aromatic carbocycles. The Kier molecular flexibility index (Phi) is 9.85. The van der Waals surface area contributed by atoms with Crippen LogP contribution < -0.4 is 5.32 Å². The summed E-state index contributed by atoms with van der Waals surface area (Å²) in [6.07, 6.45) is 5.10. The summed E-state index contributed by atoms with van der Waals surface area (Å²) in [4.78, 5) is 2.59. The Morgan fingerprint density at radius 1 is 0.941 bits per heavy atom. The van der Waals surface area contributed by atoms with Crippen molar-refractivity contribution >= 4 is 0 Å². The molecule has 0 bridgehead atoms. The van der Waals surface area contributed by atoms with Crippen molar-refractivity contribution in [1.82, 2.24) is 10.2 Å². The normalized spacial score (nSPS) is 13.9. The SMILES string of the molecule is CCCC(CNCC(C)C)N(C)C(CC)CC. The quantitative estimate of drug-likeness (QED) is 0.630. The van der Waals surface area contributed by atoms with E-state index in [2.05, 4.69) is 51.9 Å². The van der Waals surface area contributed by atoms with Crippen LogP contribution in [0, 0.1) is 5.92 Å². The molecule has 0 heterocycles. The van der Waals surface area contributed by atoms with E-state index in [9.17, 15) is 0 Å². The van der Waals surface area contributed by atoms with Gasteiger partial charge in [-0.15, -0.1) is 0 Å². The van der Waals surface area contributed by atoms with E-state index in [1.54, 1.807) is 0 Å². The molecule has 0 radical (unpaired) electrons. The molecule has 0 saturated heterocycles. The lowest BCUT2D eigenvalue weighted by Crippen LogP contribution is -2.45. The smallest absolute Gasteiger partial charge is 0.0220 e. The van der Waals surface area contributed by atoms with Crippen molar-refractivity contribution in [1.29, 1.82) is 0 Å². The van der Waals surface area contributed by atoms with E-state index < -0.39 is 0 Å². The van der Waals surface area contributed by atoms with Gasteiger partial charge in [0.25, 0.3) is 0 Å². The number of rotatable bonds is 10. The summed E-state index contributed by atoms with van der Waals surface area (Å²) in [5.74, 6) is 0.746. The number of likely N-dealkylation sites (N-methyl/N-ethyl adjacent to an activating group) is 1. The summed E-state index contributed by atoms with van der Waals surface area (Å²) in [7, 11) is 2.30. The fraction of sp³-hybridized carbons (Fsp3) is 1.00.